The fourth-order valence-electron chi connectivity index (χ4n) is 3.32. The molecule has 0 radical (unpaired) electrons. The third-order valence-electron chi connectivity index (χ3n) is 5.20. The second-order valence-corrected chi connectivity index (χ2v) is 7.84. The van der Waals surface area contributed by atoms with E-state index in [1.807, 2.05) is 75.2 Å². The lowest BCUT2D eigenvalue weighted by Gasteiger charge is -2.28. The summed E-state index contributed by atoms with van der Waals surface area (Å²) in [6, 6.07) is 7.54. The standard InChI is InChI=1S/C16H20FN7O.C11H12N2.C2H6/c1-18-12-2-3-13(19-8-12)9-21-22-11-15-20-10-14(17)16(23-15)24-4-6-25-7-5-24;1-3-6-10(7-4-2)11-8-5-9-12-13-11;1-2/h2-3,8-10,18,22H,4-7,11H2,1H3;3-9H,1H2,2H3;1-2H3/b21-9+;7-4-,10-6+;. The third-order valence-corrected chi connectivity index (χ3v) is 5.20. The van der Waals surface area contributed by atoms with E-state index in [1.54, 1.807) is 24.7 Å². The predicted molar refractivity (Wildman–Crippen MR) is 160 cm³/mol. The van der Waals surface area contributed by atoms with Crippen LogP contribution in [0, 0.1) is 5.82 Å². The number of aromatic nitrogens is 5. The number of ether oxygens (including phenoxy) is 1. The SMILES string of the molecule is C=C/C=C(\C=C/C)c1cccnn1.CC.CNc1ccc(/C=N/NCc2ncc(F)c(N3CCOCC3)n2)nc1. The monoisotopic (exact) mass is 547 g/mol. The summed E-state index contributed by atoms with van der Waals surface area (Å²) >= 11 is 0. The van der Waals surface area contributed by atoms with Gasteiger partial charge in [0.05, 0.1) is 55.4 Å². The molecule has 212 valence electrons. The largest absolute Gasteiger partial charge is 0.387 e. The molecule has 1 saturated heterocycles. The molecule has 0 atom stereocenters. The molecule has 4 heterocycles. The minimum Gasteiger partial charge on any atom is -0.387 e. The molecule has 10 nitrogen and oxygen atoms in total. The fourth-order valence-corrected chi connectivity index (χ4v) is 3.32. The van der Waals surface area contributed by atoms with Gasteiger partial charge in [-0.05, 0) is 31.2 Å². The van der Waals surface area contributed by atoms with E-state index >= 15 is 0 Å². The zero-order valence-electron chi connectivity index (χ0n) is 23.6. The molecule has 4 rings (SSSR count). The Hall–Kier alpha value is -4.51. The van der Waals surface area contributed by atoms with Crippen LogP contribution in [-0.4, -0.2) is 64.7 Å². The summed E-state index contributed by atoms with van der Waals surface area (Å²) in [5.74, 6) is 0.352. The van der Waals surface area contributed by atoms with Crippen molar-refractivity contribution in [2.24, 2.45) is 5.10 Å². The molecule has 0 saturated carbocycles. The number of hydrogen-bond acceptors (Lipinski definition) is 10. The maximum Gasteiger partial charge on any atom is 0.183 e. The molecular weight excluding hydrogens is 509 g/mol. The number of anilines is 2. The van der Waals surface area contributed by atoms with Gasteiger partial charge in [-0.15, -0.1) is 0 Å². The highest BCUT2D eigenvalue weighted by Crippen LogP contribution is 2.17. The zero-order valence-corrected chi connectivity index (χ0v) is 23.6. The van der Waals surface area contributed by atoms with Crippen LogP contribution >= 0.6 is 0 Å². The number of hydrogen-bond donors (Lipinski definition) is 2. The Kier molecular flexibility index (Phi) is 14.8. The van der Waals surface area contributed by atoms with Crippen molar-refractivity contribution in [3.63, 3.8) is 0 Å². The van der Waals surface area contributed by atoms with Gasteiger partial charge in [0.25, 0.3) is 0 Å². The topological polar surface area (TPSA) is 113 Å². The number of nitrogens with one attached hydrogen (secondary N) is 2. The van der Waals surface area contributed by atoms with E-state index < -0.39 is 5.82 Å². The van der Waals surface area contributed by atoms with Crippen molar-refractivity contribution in [2.45, 2.75) is 27.3 Å². The summed E-state index contributed by atoms with van der Waals surface area (Å²) in [4.78, 5) is 14.4. The molecular formula is C29H38FN9O. The average molecular weight is 548 g/mol. The average Bonchev–Trinajstić information content (AvgIpc) is 3.02. The Morgan fingerprint density at radius 2 is 1.98 bits per heavy atom. The molecule has 0 unspecified atom stereocenters. The molecule has 3 aromatic rings. The Morgan fingerprint density at radius 3 is 2.60 bits per heavy atom. The molecule has 1 fully saturated rings. The molecule has 0 bridgehead atoms. The smallest absolute Gasteiger partial charge is 0.183 e. The van der Waals surface area contributed by atoms with Crippen LogP contribution in [-0.2, 0) is 11.3 Å². The minimum absolute atomic E-state index is 0.294. The lowest BCUT2D eigenvalue weighted by molar-refractivity contribution is 0.122. The molecule has 0 aliphatic carbocycles. The number of halogens is 1. The van der Waals surface area contributed by atoms with Crippen molar-refractivity contribution in [3.05, 3.63) is 96.8 Å². The van der Waals surface area contributed by atoms with Gasteiger partial charge < -0.3 is 20.4 Å². The van der Waals surface area contributed by atoms with Gasteiger partial charge in [0, 0.05) is 31.9 Å². The van der Waals surface area contributed by atoms with Crippen LogP contribution < -0.4 is 15.6 Å². The van der Waals surface area contributed by atoms with Gasteiger partial charge in [-0.1, -0.05) is 44.7 Å². The quantitative estimate of drug-likeness (QED) is 0.224. The molecule has 0 amide bonds. The van der Waals surface area contributed by atoms with Crippen LogP contribution in [0.25, 0.3) is 5.57 Å². The van der Waals surface area contributed by atoms with E-state index in [2.05, 4.69) is 47.6 Å². The summed E-state index contributed by atoms with van der Waals surface area (Å²) in [5, 5.41) is 14.9. The lowest BCUT2D eigenvalue weighted by atomic mass is 10.1. The predicted octanol–water partition coefficient (Wildman–Crippen LogP) is 4.66. The highest BCUT2D eigenvalue weighted by atomic mass is 19.1. The summed E-state index contributed by atoms with van der Waals surface area (Å²) in [5.41, 5.74) is 6.39. The van der Waals surface area contributed by atoms with Gasteiger partial charge in [0.1, 0.15) is 0 Å². The molecule has 1 aliphatic heterocycles. The molecule has 11 heteroatoms. The molecule has 3 aromatic heterocycles. The third kappa shape index (κ3) is 10.7. The number of pyridine rings is 1. The van der Waals surface area contributed by atoms with Crippen LogP contribution in [0.4, 0.5) is 15.9 Å². The highest BCUT2D eigenvalue weighted by Gasteiger charge is 2.17. The Labute approximate surface area is 235 Å². The van der Waals surface area contributed by atoms with Crippen molar-refractivity contribution in [1.29, 1.82) is 0 Å². The first-order chi connectivity index (χ1) is 19.6. The zero-order chi connectivity index (χ0) is 29.0. The van der Waals surface area contributed by atoms with Gasteiger partial charge in [-0.2, -0.15) is 15.3 Å². The van der Waals surface area contributed by atoms with E-state index in [-0.39, 0.29) is 0 Å². The van der Waals surface area contributed by atoms with E-state index in [0.717, 1.165) is 22.6 Å². The van der Waals surface area contributed by atoms with Gasteiger partial charge in [-0.3, -0.25) is 4.98 Å². The number of hydrazone groups is 1. The number of morpholine rings is 1. The summed E-state index contributed by atoms with van der Waals surface area (Å²) in [6.45, 7) is 12.3. The maximum absolute atomic E-state index is 14.0. The Bertz CT molecular complexity index is 1230. The second-order valence-electron chi connectivity index (χ2n) is 7.84. The number of nitrogens with zero attached hydrogens (tertiary/aromatic N) is 7. The Balaban J connectivity index is 0.000000315. The minimum atomic E-state index is -0.428. The number of allylic oxidation sites excluding steroid dienone is 5. The molecule has 2 N–H and O–H groups in total. The number of rotatable bonds is 9. The summed E-state index contributed by atoms with van der Waals surface area (Å²) < 4.78 is 19.2. The normalized spacial score (nSPS) is 13.2. The fraction of sp³-hybridized carbons (Fsp3) is 0.310. The van der Waals surface area contributed by atoms with Crippen LogP contribution in [0.3, 0.4) is 0 Å². The van der Waals surface area contributed by atoms with Crippen molar-refractivity contribution in [2.75, 3.05) is 43.6 Å². The van der Waals surface area contributed by atoms with Crippen LogP contribution in [0.5, 0.6) is 0 Å². The van der Waals surface area contributed by atoms with Gasteiger partial charge >= 0.3 is 0 Å². The summed E-state index contributed by atoms with van der Waals surface area (Å²) in [6.07, 6.45) is 13.8. The first kappa shape index (κ1) is 31.7. The van der Waals surface area contributed by atoms with E-state index in [9.17, 15) is 4.39 Å². The van der Waals surface area contributed by atoms with Crippen molar-refractivity contribution >= 4 is 23.3 Å². The van der Waals surface area contributed by atoms with E-state index in [0.29, 0.717) is 44.5 Å². The first-order valence-electron chi connectivity index (χ1n) is 13.1. The highest BCUT2D eigenvalue weighted by molar-refractivity contribution is 5.77. The molecule has 1 aliphatic rings. The van der Waals surface area contributed by atoms with E-state index in [4.69, 9.17) is 4.74 Å². The van der Waals surface area contributed by atoms with Crippen molar-refractivity contribution in [3.8, 4) is 0 Å². The maximum atomic E-state index is 14.0. The van der Waals surface area contributed by atoms with Gasteiger partial charge in [0.2, 0.25) is 0 Å². The Morgan fingerprint density at radius 1 is 1.18 bits per heavy atom. The lowest BCUT2D eigenvalue weighted by Crippen LogP contribution is -2.37. The molecule has 0 spiro atoms. The first-order valence-corrected chi connectivity index (χ1v) is 13.1. The second kappa shape index (κ2) is 18.7. The van der Waals surface area contributed by atoms with Gasteiger partial charge in [-0.25, -0.2) is 14.4 Å². The van der Waals surface area contributed by atoms with Gasteiger partial charge in [0.15, 0.2) is 17.5 Å². The molecule has 0 aromatic carbocycles. The van der Waals surface area contributed by atoms with Crippen molar-refractivity contribution < 1.29 is 9.13 Å². The van der Waals surface area contributed by atoms with Crippen LogP contribution in [0.15, 0.2) is 78.8 Å². The van der Waals surface area contributed by atoms with Crippen LogP contribution in [0.1, 0.15) is 38.0 Å². The van der Waals surface area contributed by atoms with Crippen LogP contribution in [0.2, 0.25) is 0 Å². The van der Waals surface area contributed by atoms with Crippen molar-refractivity contribution in [1.82, 2.24) is 30.6 Å². The van der Waals surface area contributed by atoms with E-state index in [1.165, 1.54) is 6.20 Å². The summed E-state index contributed by atoms with van der Waals surface area (Å²) in [7, 11) is 1.83. The molecule has 40 heavy (non-hydrogen) atoms.